The quantitative estimate of drug-likeness (QED) is 0.458. The lowest BCUT2D eigenvalue weighted by molar-refractivity contribution is 0.199. The average molecular weight is 483 g/mol. The Labute approximate surface area is 181 Å². The van der Waals surface area contributed by atoms with Gasteiger partial charge < -0.3 is 5.11 Å². The third-order valence-corrected chi connectivity index (χ3v) is 5.57. The van der Waals surface area contributed by atoms with Gasteiger partial charge in [0.25, 0.3) is 0 Å². The van der Waals surface area contributed by atoms with E-state index in [9.17, 15) is 18.3 Å². The van der Waals surface area contributed by atoms with Gasteiger partial charge in [-0.15, -0.1) is 0 Å². The molecule has 2 aromatic carbocycles. The molecule has 0 radical (unpaired) electrons. The summed E-state index contributed by atoms with van der Waals surface area (Å²) in [6.45, 7) is 9.93. The molecule has 8 heteroatoms. The van der Waals surface area contributed by atoms with E-state index in [-0.39, 0.29) is 4.90 Å². The van der Waals surface area contributed by atoms with Crippen molar-refractivity contribution in [1.29, 1.82) is 0 Å². The topological polar surface area (TPSA) is 110 Å². The maximum absolute atomic E-state index is 10.9. The lowest BCUT2D eigenvalue weighted by Crippen LogP contribution is -2.12. The normalized spacial score (nSPS) is 12.2. The van der Waals surface area contributed by atoms with E-state index in [1.807, 2.05) is 12.1 Å². The van der Waals surface area contributed by atoms with Gasteiger partial charge in [0.1, 0.15) is 0 Å². The molecule has 6 nitrogen and oxygen atoms in total. The summed E-state index contributed by atoms with van der Waals surface area (Å²) >= 11 is 3.49. The molecule has 0 aliphatic carbocycles. The third kappa shape index (κ3) is 7.49. The van der Waals surface area contributed by atoms with Crippen molar-refractivity contribution in [2.24, 2.45) is 10.1 Å². The largest absolute Gasteiger partial charge is 0.389 e. The number of halogens is 1. The summed E-state index contributed by atoms with van der Waals surface area (Å²) in [6, 6.07) is 9.97. The number of nitrogens with zero attached hydrogens (tertiary/aromatic N) is 1. The number of benzene rings is 2. The summed E-state index contributed by atoms with van der Waals surface area (Å²) in [5, 5.41) is 14.1. The molecule has 0 amide bonds. The molecular weight excluding hydrogens is 456 g/mol. The fourth-order valence-electron chi connectivity index (χ4n) is 2.65. The number of isocyanates is 1. The maximum Gasteiger partial charge on any atom is 0.240 e. The number of sulfonamides is 1. The van der Waals surface area contributed by atoms with Crippen molar-refractivity contribution in [2.45, 2.75) is 57.5 Å². The van der Waals surface area contributed by atoms with Crippen LogP contribution in [0.1, 0.15) is 69.2 Å². The number of aliphatic hydroxyl groups excluding tert-OH is 1. The fourth-order valence-corrected chi connectivity index (χ4v) is 3.71. The van der Waals surface area contributed by atoms with Crippen molar-refractivity contribution in [3.05, 3.63) is 57.6 Å². The monoisotopic (exact) mass is 482 g/mol. The van der Waals surface area contributed by atoms with Crippen LogP contribution in [-0.2, 0) is 14.8 Å². The molecule has 0 aliphatic heterocycles. The zero-order valence-electron chi connectivity index (χ0n) is 17.2. The van der Waals surface area contributed by atoms with E-state index < -0.39 is 16.1 Å². The number of carbonyl (C=O) groups excluding carboxylic acids is 1. The molecule has 3 N–H and O–H groups in total. The van der Waals surface area contributed by atoms with Crippen LogP contribution in [0.15, 0.2) is 50.8 Å². The number of primary sulfonamides is 1. The van der Waals surface area contributed by atoms with Crippen molar-refractivity contribution < 1.29 is 18.3 Å². The number of nitrogens with two attached hydrogens (primary N) is 1. The van der Waals surface area contributed by atoms with Crippen LogP contribution in [-0.4, -0.2) is 19.6 Å². The van der Waals surface area contributed by atoms with Gasteiger partial charge in [-0.3, -0.25) is 0 Å². The van der Waals surface area contributed by atoms with Gasteiger partial charge in [-0.2, -0.15) is 4.99 Å². The van der Waals surface area contributed by atoms with Crippen LogP contribution in [0.4, 0.5) is 5.69 Å². The minimum absolute atomic E-state index is 0.0194. The summed E-state index contributed by atoms with van der Waals surface area (Å²) < 4.78 is 22.8. The van der Waals surface area contributed by atoms with E-state index in [1.54, 1.807) is 25.1 Å². The number of rotatable bonds is 5. The number of hydrogen-bond acceptors (Lipinski definition) is 5. The standard InChI is InChI=1S/C13H16BrNO.C8H11NO3S/c1-8(2)11-5-10(14)6-12(9(3)4)13(11)15-7-16;1-6(10)7-3-2-4-8(5-7)13(9,11)12/h5-6,8-9H,1-4H3;2-6,10H,1H3,(H2,9,11,12). The molecule has 0 aromatic heterocycles. The first-order chi connectivity index (χ1) is 13.4. The summed E-state index contributed by atoms with van der Waals surface area (Å²) in [4.78, 5) is 14.4. The van der Waals surface area contributed by atoms with Gasteiger partial charge >= 0.3 is 0 Å². The van der Waals surface area contributed by atoms with Gasteiger partial charge in [-0.25, -0.2) is 18.4 Å². The number of hydrogen-bond donors (Lipinski definition) is 2. The Hall–Kier alpha value is -1.83. The molecule has 1 atom stereocenters. The van der Waals surface area contributed by atoms with Crippen LogP contribution in [0, 0.1) is 0 Å². The zero-order chi connectivity index (χ0) is 22.4. The van der Waals surface area contributed by atoms with Gasteiger partial charge in [-0.1, -0.05) is 55.8 Å². The highest BCUT2D eigenvalue weighted by atomic mass is 79.9. The molecule has 0 saturated heterocycles. The van der Waals surface area contributed by atoms with E-state index in [0.29, 0.717) is 17.4 Å². The van der Waals surface area contributed by atoms with Crippen LogP contribution in [0.3, 0.4) is 0 Å². The Morgan fingerprint density at radius 1 is 1.03 bits per heavy atom. The molecule has 1 unspecified atom stereocenters. The van der Waals surface area contributed by atoms with Gasteiger partial charge in [0, 0.05) is 4.47 Å². The van der Waals surface area contributed by atoms with E-state index in [1.165, 1.54) is 12.1 Å². The number of aliphatic imine (C=N–C) groups is 1. The molecule has 29 heavy (non-hydrogen) atoms. The van der Waals surface area contributed by atoms with Crippen molar-refractivity contribution >= 4 is 37.7 Å². The Kier molecular flexibility index (Phi) is 9.39. The fraction of sp³-hybridized carbons (Fsp3) is 0.381. The predicted molar refractivity (Wildman–Crippen MR) is 119 cm³/mol. The Morgan fingerprint density at radius 2 is 1.55 bits per heavy atom. The molecule has 0 fully saturated rings. The molecule has 0 spiro atoms. The summed E-state index contributed by atoms with van der Waals surface area (Å²) in [6.07, 6.45) is 0.961. The van der Waals surface area contributed by atoms with Crippen molar-refractivity contribution in [2.75, 3.05) is 0 Å². The third-order valence-electron chi connectivity index (χ3n) is 4.20. The van der Waals surface area contributed by atoms with E-state index in [4.69, 9.17) is 5.14 Å². The highest BCUT2D eigenvalue weighted by Crippen LogP contribution is 2.37. The van der Waals surface area contributed by atoms with Crippen molar-refractivity contribution in [3.8, 4) is 0 Å². The first kappa shape index (κ1) is 25.2. The van der Waals surface area contributed by atoms with Crippen LogP contribution < -0.4 is 5.14 Å². The van der Waals surface area contributed by atoms with E-state index >= 15 is 0 Å². The zero-order valence-corrected chi connectivity index (χ0v) is 19.6. The highest BCUT2D eigenvalue weighted by Gasteiger charge is 2.15. The van der Waals surface area contributed by atoms with Crippen molar-refractivity contribution in [1.82, 2.24) is 0 Å². The van der Waals surface area contributed by atoms with Gasteiger partial charge in [0.2, 0.25) is 16.1 Å². The predicted octanol–water partition coefficient (Wildman–Crippen LogP) is 5.05. The Balaban J connectivity index is 0.000000296. The molecule has 158 valence electrons. The maximum atomic E-state index is 10.9. The smallest absolute Gasteiger partial charge is 0.240 e. The minimum Gasteiger partial charge on any atom is -0.389 e. The lowest BCUT2D eigenvalue weighted by Gasteiger charge is -2.16. The van der Waals surface area contributed by atoms with Gasteiger partial charge in [0.05, 0.1) is 16.7 Å². The number of aliphatic hydroxyl groups is 1. The second kappa shape index (κ2) is 10.8. The first-order valence-electron chi connectivity index (χ1n) is 9.10. The van der Waals surface area contributed by atoms with Crippen LogP contribution in [0.25, 0.3) is 0 Å². The van der Waals surface area contributed by atoms with Crippen molar-refractivity contribution in [3.63, 3.8) is 0 Å². The Bertz CT molecular complexity index is 966. The Morgan fingerprint density at radius 3 is 1.93 bits per heavy atom. The molecular formula is C21H27BrN2O4S. The molecule has 2 aromatic rings. The highest BCUT2D eigenvalue weighted by molar-refractivity contribution is 9.10. The molecule has 0 heterocycles. The second-order valence-corrected chi connectivity index (χ2v) is 9.72. The average Bonchev–Trinajstić information content (AvgIpc) is 2.62. The van der Waals surface area contributed by atoms with Crippen LogP contribution in [0.2, 0.25) is 0 Å². The van der Waals surface area contributed by atoms with E-state index in [0.717, 1.165) is 21.3 Å². The minimum atomic E-state index is -3.67. The van der Waals surface area contributed by atoms with E-state index in [2.05, 4.69) is 48.6 Å². The van der Waals surface area contributed by atoms with Gasteiger partial charge in [-0.05, 0) is 59.7 Å². The van der Waals surface area contributed by atoms with Crippen LogP contribution in [0.5, 0.6) is 0 Å². The SMILES string of the molecule is CC(C)c1cc(Br)cc(C(C)C)c1N=C=O.CC(O)c1cccc(S(N)(=O)=O)c1. The van der Waals surface area contributed by atoms with Gasteiger partial charge in [0.15, 0.2) is 0 Å². The molecule has 2 rings (SSSR count). The summed E-state index contributed by atoms with van der Waals surface area (Å²) in [7, 11) is -3.67. The second-order valence-electron chi connectivity index (χ2n) is 7.24. The van der Waals surface area contributed by atoms with Crippen LogP contribution >= 0.6 is 15.9 Å². The lowest BCUT2D eigenvalue weighted by atomic mass is 9.93. The summed E-state index contributed by atoms with van der Waals surface area (Å²) in [5.74, 6) is 0.671. The molecule has 0 saturated carbocycles. The molecule has 0 bridgehead atoms. The summed E-state index contributed by atoms with van der Waals surface area (Å²) in [5.41, 5.74) is 3.48. The first-order valence-corrected chi connectivity index (χ1v) is 11.4. The molecule has 0 aliphatic rings.